The van der Waals surface area contributed by atoms with Crippen molar-refractivity contribution < 1.29 is 34.8 Å². The molecule has 1 aromatic rings. The number of fused-ring (bicyclic) bond motifs is 3. The van der Waals surface area contributed by atoms with E-state index >= 15 is 0 Å². The third kappa shape index (κ3) is 4.97. The van der Waals surface area contributed by atoms with Crippen molar-refractivity contribution in [3.8, 4) is 5.75 Å². The van der Waals surface area contributed by atoms with Crippen LogP contribution in [0.1, 0.15) is 55.1 Å². The van der Waals surface area contributed by atoms with E-state index in [9.17, 15) is 34.8 Å². The number of anilines is 1. The van der Waals surface area contributed by atoms with E-state index in [2.05, 4.69) is 25.7 Å². The summed E-state index contributed by atoms with van der Waals surface area (Å²) in [4.78, 5) is 45.3. The molecule has 0 spiro atoms. The van der Waals surface area contributed by atoms with Gasteiger partial charge in [-0.3, -0.25) is 19.3 Å². The first-order chi connectivity index (χ1) is 19.3. The molecule has 0 unspecified atom stereocenters. The maximum Gasteiger partial charge on any atom is 0.255 e. The van der Waals surface area contributed by atoms with Gasteiger partial charge >= 0.3 is 0 Å². The zero-order valence-electron chi connectivity index (χ0n) is 25.8. The molecule has 3 aliphatic carbocycles. The molecule has 0 saturated carbocycles. The zero-order valence-corrected chi connectivity index (χ0v) is 25.8. The van der Waals surface area contributed by atoms with Crippen LogP contribution >= 0.6 is 0 Å². The quantitative estimate of drug-likeness (QED) is 0.299. The first kappa shape index (κ1) is 31.5. The second kappa shape index (κ2) is 10.7. The number of amides is 1. The van der Waals surface area contributed by atoms with Crippen molar-refractivity contribution in [1.82, 2.24) is 9.80 Å². The van der Waals surface area contributed by atoms with Gasteiger partial charge in [-0.05, 0) is 75.5 Å². The number of primary amides is 1. The van der Waals surface area contributed by atoms with Crippen LogP contribution < -0.4 is 10.6 Å². The van der Waals surface area contributed by atoms with Crippen LogP contribution in [0.25, 0.3) is 0 Å². The van der Waals surface area contributed by atoms with Gasteiger partial charge in [0.2, 0.25) is 5.78 Å². The van der Waals surface area contributed by atoms with E-state index in [4.69, 9.17) is 5.73 Å². The highest BCUT2D eigenvalue weighted by Gasteiger charge is 2.63. The summed E-state index contributed by atoms with van der Waals surface area (Å²) in [7, 11) is 8.97. The lowest BCUT2D eigenvalue weighted by Gasteiger charge is -2.50. The maximum absolute atomic E-state index is 14.0. The number of hydrogen-bond donors (Lipinski definition) is 5. The Morgan fingerprint density at radius 3 is 2.24 bits per heavy atom. The molecule has 0 aromatic heterocycles. The molecule has 11 heteroatoms. The van der Waals surface area contributed by atoms with Crippen LogP contribution in [-0.2, 0) is 22.6 Å². The normalized spacial score (nSPS) is 26.0. The molecule has 0 aliphatic heterocycles. The van der Waals surface area contributed by atoms with E-state index in [1.54, 1.807) is 25.1 Å². The number of phenols is 1. The number of rotatable bonds is 7. The number of ketones is 2. The van der Waals surface area contributed by atoms with Crippen molar-refractivity contribution in [2.24, 2.45) is 23.0 Å². The Bertz CT molecular complexity index is 1400. The summed E-state index contributed by atoms with van der Waals surface area (Å²) >= 11 is 0. The van der Waals surface area contributed by atoms with Gasteiger partial charge in [-0.15, -0.1) is 0 Å². The van der Waals surface area contributed by atoms with E-state index in [-0.39, 0.29) is 35.1 Å². The minimum atomic E-state index is -2.65. The number of aromatic hydroxyl groups is 1. The highest BCUT2D eigenvalue weighted by molar-refractivity contribution is 6.24. The summed E-state index contributed by atoms with van der Waals surface area (Å²) < 4.78 is 0. The number of allylic oxidation sites excluding steroid dienone is 1. The Hall–Kier alpha value is -3.41. The van der Waals surface area contributed by atoms with Crippen LogP contribution in [0.3, 0.4) is 0 Å². The van der Waals surface area contributed by atoms with E-state index in [0.29, 0.717) is 12.1 Å². The largest absolute Gasteiger partial charge is 0.510 e. The average Bonchev–Trinajstić information content (AvgIpc) is 2.83. The molecular formula is C31H44N4O7. The van der Waals surface area contributed by atoms with Gasteiger partial charge in [0, 0.05) is 37.8 Å². The second-order valence-corrected chi connectivity index (χ2v) is 13.7. The van der Waals surface area contributed by atoms with Gasteiger partial charge in [-0.25, -0.2) is 0 Å². The first-order valence-electron chi connectivity index (χ1n) is 14.2. The number of likely N-dealkylation sites (N-methyl/N-ethyl adjacent to an activating group) is 1. The van der Waals surface area contributed by atoms with Gasteiger partial charge in [0.15, 0.2) is 11.4 Å². The number of Topliss-reactive ketones (excluding diaryl/α,β-unsaturated/α-hetero) is 2. The monoisotopic (exact) mass is 584 g/mol. The van der Waals surface area contributed by atoms with Gasteiger partial charge in [0.25, 0.3) is 5.91 Å². The van der Waals surface area contributed by atoms with Crippen molar-refractivity contribution in [3.05, 3.63) is 45.4 Å². The fraction of sp³-hybridized carbons (Fsp3) is 0.581. The number of nitrogens with zero attached hydrogens (tertiary/aromatic N) is 3. The minimum absolute atomic E-state index is 0.0144. The van der Waals surface area contributed by atoms with Crippen LogP contribution in [-0.4, -0.2) is 101 Å². The van der Waals surface area contributed by atoms with Crippen LogP contribution in [0.5, 0.6) is 5.75 Å². The molecule has 4 atom stereocenters. The van der Waals surface area contributed by atoms with Crippen molar-refractivity contribution in [2.75, 3.05) is 46.7 Å². The van der Waals surface area contributed by atoms with Gasteiger partial charge < -0.3 is 36.0 Å². The lowest BCUT2D eigenvalue weighted by atomic mass is 9.58. The number of nitrogens with two attached hydrogens (primary N) is 1. The molecule has 0 fully saturated rings. The summed E-state index contributed by atoms with van der Waals surface area (Å²) in [6, 6.07) is 0.539. The summed E-state index contributed by atoms with van der Waals surface area (Å²) in [5.74, 6) is -6.56. The fourth-order valence-electron chi connectivity index (χ4n) is 6.95. The molecule has 0 heterocycles. The number of benzene rings is 1. The second-order valence-electron chi connectivity index (χ2n) is 13.7. The van der Waals surface area contributed by atoms with E-state index in [1.165, 1.54) is 0 Å². The topological polar surface area (TPSA) is 168 Å². The van der Waals surface area contributed by atoms with Gasteiger partial charge in [0.1, 0.15) is 22.8 Å². The number of hydrogen-bond acceptors (Lipinski definition) is 10. The maximum atomic E-state index is 14.0. The van der Waals surface area contributed by atoms with Gasteiger partial charge in [-0.2, -0.15) is 0 Å². The van der Waals surface area contributed by atoms with Crippen molar-refractivity contribution >= 4 is 23.2 Å². The molecule has 3 aliphatic rings. The Morgan fingerprint density at radius 1 is 1.10 bits per heavy atom. The summed E-state index contributed by atoms with van der Waals surface area (Å²) in [6.45, 7) is 7.91. The molecule has 42 heavy (non-hydrogen) atoms. The molecule has 0 bridgehead atoms. The molecule has 4 rings (SSSR count). The third-order valence-electron chi connectivity index (χ3n) is 8.90. The first-order valence-corrected chi connectivity index (χ1v) is 14.2. The Labute approximate surface area is 246 Å². The highest BCUT2D eigenvalue weighted by Crippen LogP contribution is 2.53. The smallest absolute Gasteiger partial charge is 0.255 e. The predicted octanol–water partition coefficient (Wildman–Crippen LogP) is 2.05. The lowest BCUT2D eigenvalue weighted by molar-refractivity contribution is -0.148. The van der Waals surface area contributed by atoms with Crippen LogP contribution in [0.2, 0.25) is 0 Å². The summed E-state index contributed by atoms with van der Waals surface area (Å²) in [5.41, 5.74) is 4.20. The molecule has 1 aromatic carbocycles. The molecule has 6 N–H and O–H groups in total. The Balaban J connectivity index is 1.86. The van der Waals surface area contributed by atoms with Gasteiger partial charge in [0.05, 0.1) is 11.6 Å². The molecular weight excluding hydrogens is 540 g/mol. The Morgan fingerprint density at radius 2 is 1.71 bits per heavy atom. The van der Waals surface area contributed by atoms with Crippen molar-refractivity contribution in [1.29, 1.82) is 0 Å². The highest BCUT2D eigenvalue weighted by atomic mass is 16.3. The molecule has 0 saturated heterocycles. The standard InChI is InChI=1S/C31H44N4O7/c1-30(2,3)9-10-35(8)14-16-13-19(36)21-17(23(16)33(4)5)11-15-12-18-24(34(6)7)26(38)22(29(32)41)28(40)31(18,42)27(39)20(15)25(21)37/h13,15,18,24,36,38-39,42H,9-12,14H2,1-8H3,(H2,32,41)/t15-,18-,24-,31-/m0/s1. The molecule has 230 valence electrons. The average molecular weight is 585 g/mol. The number of carbonyl (C=O) groups is 3. The zero-order chi connectivity index (χ0) is 31.6. The molecule has 0 radical (unpaired) electrons. The van der Waals surface area contributed by atoms with Crippen LogP contribution in [0.15, 0.2) is 28.7 Å². The molecule has 1 amide bonds. The molecule has 11 nitrogen and oxygen atoms in total. The van der Waals surface area contributed by atoms with E-state index < -0.39 is 58.0 Å². The van der Waals surface area contributed by atoms with Crippen molar-refractivity contribution in [3.63, 3.8) is 0 Å². The van der Waals surface area contributed by atoms with Crippen molar-refractivity contribution in [2.45, 2.75) is 58.2 Å². The fourth-order valence-corrected chi connectivity index (χ4v) is 6.95. The van der Waals surface area contributed by atoms with E-state index in [1.807, 2.05) is 26.0 Å². The Kier molecular flexibility index (Phi) is 8.03. The number of aliphatic hydroxyl groups excluding tert-OH is 2. The van der Waals surface area contributed by atoms with Crippen LogP contribution in [0, 0.1) is 17.3 Å². The number of carbonyl (C=O) groups excluding carboxylic acids is 3. The lowest BCUT2D eigenvalue weighted by Crippen LogP contribution is -2.63. The van der Waals surface area contributed by atoms with Crippen LogP contribution in [0.4, 0.5) is 5.69 Å². The summed E-state index contributed by atoms with van der Waals surface area (Å²) in [5, 5.41) is 45.4. The van der Waals surface area contributed by atoms with E-state index in [0.717, 1.165) is 24.2 Å². The summed E-state index contributed by atoms with van der Waals surface area (Å²) in [6.07, 6.45) is 1.27. The number of aliphatic hydroxyl groups is 3. The minimum Gasteiger partial charge on any atom is -0.510 e. The number of phenolic OH excluding ortho intramolecular Hbond substituents is 1. The predicted molar refractivity (Wildman–Crippen MR) is 158 cm³/mol. The SMILES string of the molecule is CN(CCC(C)(C)C)Cc1cc(O)c2c(c1N(C)C)C[C@H]1C[C@H]3[C@H](N(C)C)C(O)=C(C(N)=O)C(=O)[C@@]3(O)C(O)=C1C2=O. The third-order valence-corrected chi connectivity index (χ3v) is 8.90. The van der Waals surface area contributed by atoms with Gasteiger partial charge in [-0.1, -0.05) is 20.8 Å².